The molecule has 0 saturated heterocycles. The molecule has 0 aliphatic carbocycles. The highest BCUT2D eigenvalue weighted by molar-refractivity contribution is 5.93. The van der Waals surface area contributed by atoms with Crippen LogP contribution >= 0.6 is 0 Å². The number of hydrogen-bond acceptors (Lipinski definition) is 3. The minimum atomic E-state index is -0.312. The Bertz CT molecular complexity index is 885. The molecule has 0 bridgehead atoms. The van der Waals surface area contributed by atoms with Gasteiger partial charge in [0.05, 0.1) is 17.4 Å². The van der Waals surface area contributed by atoms with Gasteiger partial charge in [0.1, 0.15) is 5.82 Å². The van der Waals surface area contributed by atoms with Crippen LogP contribution in [0.2, 0.25) is 0 Å². The van der Waals surface area contributed by atoms with Crippen LogP contribution in [-0.2, 0) is 0 Å². The van der Waals surface area contributed by atoms with E-state index in [2.05, 4.69) is 15.6 Å². The largest absolute Gasteiger partial charge is 0.344 e. The summed E-state index contributed by atoms with van der Waals surface area (Å²) in [6.07, 6.45) is 0. The molecule has 3 aromatic rings. The molecule has 0 spiro atoms. The summed E-state index contributed by atoms with van der Waals surface area (Å²) >= 11 is 0. The third-order valence-corrected chi connectivity index (χ3v) is 4.11. The molecule has 1 aromatic heterocycles. The number of aromatic nitrogens is 3. The number of nitrogens with one attached hydrogen (secondary N) is 1. The summed E-state index contributed by atoms with van der Waals surface area (Å²) in [4.78, 5) is 12.5. The lowest BCUT2D eigenvalue weighted by molar-refractivity contribution is 0.0934. The first kappa shape index (κ1) is 16.8. The average Bonchev–Trinajstić information content (AvgIpc) is 2.98. The predicted octanol–water partition coefficient (Wildman–Crippen LogP) is 3.51. The zero-order valence-corrected chi connectivity index (χ0v) is 14.3. The van der Waals surface area contributed by atoms with Gasteiger partial charge in [-0.05, 0) is 50.6 Å². The van der Waals surface area contributed by atoms with Crippen LogP contribution in [0.5, 0.6) is 0 Å². The molecule has 0 saturated carbocycles. The van der Waals surface area contributed by atoms with E-state index in [0.29, 0.717) is 5.69 Å². The molecule has 0 unspecified atom stereocenters. The van der Waals surface area contributed by atoms with Crippen LogP contribution in [0.25, 0.3) is 5.69 Å². The SMILES string of the molecule is Cc1ccc(-n2nnc(C(=O)N[C@H](C)c3ccc(F)cc3)c2C)cc1. The monoisotopic (exact) mass is 338 g/mol. The first-order valence-electron chi connectivity index (χ1n) is 8.01. The molecule has 5 nitrogen and oxygen atoms in total. The van der Waals surface area contributed by atoms with Crippen molar-refractivity contribution < 1.29 is 9.18 Å². The highest BCUT2D eigenvalue weighted by atomic mass is 19.1. The zero-order chi connectivity index (χ0) is 18.0. The second kappa shape index (κ2) is 6.84. The van der Waals surface area contributed by atoms with Gasteiger partial charge in [-0.1, -0.05) is 35.0 Å². The van der Waals surface area contributed by atoms with Crippen molar-refractivity contribution in [2.75, 3.05) is 0 Å². The van der Waals surface area contributed by atoms with Crippen molar-refractivity contribution in [3.8, 4) is 5.69 Å². The molecule has 1 N–H and O–H groups in total. The number of halogens is 1. The van der Waals surface area contributed by atoms with Gasteiger partial charge in [-0.25, -0.2) is 9.07 Å². The van der Waals surface area contributed by atoms with E-state index in [1.54, 1.807) is 23.7 Å². The molecule has 6 heteroatoms. The van der Waals surface area contributed by atoms with E-state index < -0.39 is 0 Å². The Hall–Kier alpha value is -3.02. The van der Waals surface area contributed by atoms with Crippen LogP contribution in [0.15, 0.2) is 48.5 Å². The van der Waals surface area contributed by atoms with E-state index in [1.807, 2.05) is 38.1 Å². The van der Waals surface area contributed by atoms with Gasteiger partial charge < -0.3 is 5.32 Å². The molecular weight excluding hydrogens is 319 g/mol. The van der Waals surface area contributed by atoms with E-state index in [1.165, 1.54) is 12.1 Å². The van der Waals surface area contributed by atoms with Gasteiger partial charge in [-0.2, -0.15) is 0 Å². The standard InChI is InChI=1S/C19H19FN4O/c1-12-4-10-17(11-5-12)24-14(3)18(22-23-24)19(25)21-13(2)15-6-8-16(20)9-7-15/h4-11,13H,1-3H3,(H,21,25)/t13-/m1/s1. The predicted molar refractivity (Wildman–Crippen MR) is 93.1 cm³/mol. The lowest BCUT2D eigenvalue weighted by atomic mass is 10.1. The van der Waals surface area contributed by atoms with Crippen LogP contribution in [0.1, 0.15) is 40.3 Å². The molecule has 128 valence electrons. The normalized spacial score (nSPS) is 12.0. The Morgan fingerprint density at radius 3 is 2.36 bits per heavy atom. The Kier molecular flexibility index (Phi) is 4.61. The minimum Gasteiger partial charge on any atom is -0.344 e. The van der Waals surface area contributed by atoms with Crippen molar-refractivity contribution in [1.29, 1.82) is 0 Å². The fraction of sp³-hybridized carbons (Fsp3) is 0.211. The number of carbonyl (C=O) groups excluding carboxylic acids is 1. The number of rotatable bonds is 4. The van der Waals surface area contributed by atoms with E-state index in [4.69, 9.17) is 0 Å². The summed E-state index contributed by atoms with van der Waals surface area (Å²) in [5.74, 6) is -0.619. The Morgan fingerprint density at radius 1 is 1.08 bits per heavy atom. The fourth-order valence-corrected chi connectivity index (χ4v) is 2.57. The topological polar surface area (TPSA) is 59.8 Å². The number of amides is 1. The average molecular weight is 338 g/mol. The molecule has 25 heavy (non-hydrogen) atoms. The van der Waals surface area contributed by atoms with Crippen LogP contribution in [0.3, 0.4) is 0 Å². The molecule has 1 heterocycles. The summed E-state index contributed by atoms with van der Waals surface area (Å²) in [5.41, 5.74) is 3.74. The molecule has 1 amide bonds. The summed E-state index contributed by atoms with van der Waals surface area (Å²) in [5, 5.41) is 11.0. The maximum atomic E-state index is 13.0. The van der Waals surface area contributed by atoms with Gasteiger partial charge in [0.2, 0.25) is 0 Å². The molecule has 3 rings (SSSR count). The number of carbonyl (C=O) groups is 1. The number of aryl methyl sites for hydroxylation is 1. The highest BCUT2D eigenvalue weighted by Gasteiger charge is 2.19. The Labute approximate surface area is 145 Å². The third-order valence-electron chi connectivity index (χ3n) is 4.11. The highest BCUT2D eigenvalue weighted by Crippen LogP contribution is 2.16. The first-order valence-corrected chi connectivity index (χ1v) is 8.01. The summed E-state index contributed by atoms with van der Waals surface area (Å²) in [7, 11) is 0. The molecule has 2 aromatic carbocycles. The van der Waals surface area contributed by atoms with Crippen molar-refractivity contribution in [3.05, 3.63) is 76.9 Å². The van der Waals surface area contributed by atoms with Gasteiger partial charge in [-0.3, -0.25) is 4.79 Å². The smallest absolute Gasteiger partial charge is 0.274 e. The van der Waals surface area contributed by atoms with Crippen molar-refractivity contribution >= 4 is 5.91 Å². The molecule has 0 aliphatic heterocycles. The molecule has 0 fully saturated rings. The van der Waals surface area contributed by atoms with Crippen molar-refractivity contribution in [1.82, 2.24) is 20.3 Å². The molecular formula is C19H19FN4O. The zero-order valence-electron chi connectivity index (χ0n) is 14.3. The van der Waals surface area contributed by atoms with E-state index in [9.17, 15) is 9.18 Å². The van der Waals surface area contributed by atoms with E-state index in [0.717, 1.165) is 16.8 Å². The van der Waals surface area contributed by atoms with Crippen molar-refractivity contribution in [2.24, 2.45) is 0 Å². The number of benzene rings is 2. The van der Waals surface area contributed by atoms with Gasteiger partial charge >= 0.3 is 0 Å². The quantitative estimate of drug-likeness (QED) is 0.792. The van der Waals surface area contributed by atoms with Crippen molar-refractivity contribution in [2.45, 2.75) is 26.8 Å². The lowest BCUT2D eigenvalue weighted by Gasteiger charge is -2.13. The third kappa shape index (κ3) is 3.57. The van der Waals surface area contributed by atoms with Crippen LogP contribution in [0, 0.1) is 19.7 Å². The summed E-state index contributed by atoms with van der Waals surface area (Å²) in [6.45, 7) is 5.65. The van der Waals surface area contributed by atoms with Gasteiger partial charge in [0.25, 0.3) is 5.91 Å². The fourth-order valence-electron chi connectivity index (χ4n) is 2.57. The molecule has 1 atom stereocenters. The second-order valence-electron chi connectivity index (χ2n) is 6.02. The van der Waals surface area contributed by atoms with E-state index in [-0.39, 0.29) is 23.5 Å². The van der Waals surface area contributed by atoms with Gasteiger partial charge in [0, 0.05) is 0 Å². The van der Waals surface area contributed by atoms with Crippen molar-refractivity contribution in [3.63, 3.8) is 0 Å². The van der Waals surface area contributed by atoms with Crippen LogP contribution in [0.4, 0.5) is 4.39 Å². The number of nitrogens with zero attached hydrogens (tertiary/aromatic N) is 3. The Balaban J connectivity index is 1.79. The lowest BCUT2D eigenvalue weighted by Crippen LogP contribution is -2.27. The van der Waals surface area contributed by atoms with Crippen LogP contribution < -0.4 is 5.32 Å². The maximum absolute atomic E-state index is 13.0. The van der Waals surface area contributed by atoms with Gasteiger partial charge in [0.15, 0.2) is 5.69 Å². The summed E-state index contributed by atoms with van der Waals surface area (Å²) < 4.78 is 14.6. The Morgan fingerprint density at radius 2 is 1.72 bits per heavy atom. The maximum Gasteiger partial charge on any atom is 0.274 e. The van der Waals surface area contributed by atoms with Crippen LogP contribution in [-0.4, -0.2) is 20.9 Å². The molecule has 0 aliphatic rings. The number of hydrogen-bond donors (Lipinski definition) is 1. The summed E-state index contributed by atoms with van der Waals surface area (Å²) in [6, 6.07) is 13.6. The van der Waals surface area contributed by atoms with Gasteiger partial charge in [-0.15, -0.1) is 5.10 Å². The molecule has 0 radical (unpaired) electrons. The van der Waals surface area contributed by atoms with E-state index >= 15 is 0 Å². The first-order chi connectivity index (χ1) is 12.0. The minimum absolute atomic E-state index is 0.267. The second-order valence-corrected chi connectivity index (χ2v) is 6.02.